The fourth-order valence-corrected chi connectivity index (χ4v) is 5.14. The number of carbonyl (C=O) groups excluding carboxylic acids is 3. The summed E-state index contributed by atoms with van der Waals surface area (Å²) < 4.78 is 17.0. The normalized spacial score (nSPS) is 9.04. The molecule has 0 amide bonds. The molecule has 0 aliphatic carbocycles. The number of methoxy groups -OCH3 is 1. The first kappa shape index (κ1) is 55.4. The second-order valence-electron chi connectivity index (χ2n) is 11.3. The van der Waals surface area contributed by atoms with Crippen molar-refractivity contribution in [3.8, 4) is 33.8 Å². The Hall–Kier alpha value is -5.91. The van der Waals surface area contributed by atoms with E-state index in [2.05, 4.69) is 49.6 Å². The summed E-state index contributed by atoms with van der Waals surface area (Å²) in [5, 5.41) is 22.9. The number of allylic oxidation sites excluding steroid dienone is 2. The highest BCUT2D eigenvalue weighted by atomic mass is 16.5. The number of aldehydes is 2. The van der Waals surface area contributed by atoms with E-state index in [-0.39, 0.29) is 20.4 Å². The molecule has 0 saturated carbocycles. The van der Waals surface area contributed by atoms with Crippen molar-refractivity contribution < 1.29 is 53.5 Å². The Balaban J connectivity index is -0.00000171. The molecule has 4 rings (SSSR count). The molecule has 0 aromatic heterocycles. The fourth-order valence-electron chi connectivity index (χ4n) is 5.14. The Labute approximate surface area is 338 Å². The van der Waals surface area contributed by atoms with Crippen LogP contribution in [0, 0.1) is 0 Å². The van der Waals surface area contributed by atoms with Gasteiger partial charge >= 0.3 is 0 Å². The maximum Gasteiger partial charge on any atom is 0.290 e. The zero-order valence-corrected chi connectivity index (χ0v) is 32.7. The maximum absolute atomic E-state index is 12.1. The molecule has 0 saturated heterocycles. The van der Waals surface area contributed by atoms with Crippen LogP contribution in [0.25, 0.3) is 33.0 Å². The van der Waals surface area contributed by atoms with Gasteiger partial charge in [-0.1, -0.05) is 75.7 Å². The van der Waals surface area contributed by atoms with Gasteiger partial charge in [0.25, 0.3) is 12.9 Å². The molecule has 4 aromatic rings. The molecule has 3 N–H and O–H groups in total. The van der Waals surface area contributed by atoms with Gasteiger partial charge in [0.1, 0.15) is 24.6 Å². The number of rotatable bonds is 20. The number of carbonyl (C=O) groups is 5. The summed E-state index contributed by atoms with van der Waals surface area (Å²) in [5.41, 5.74) is 4.84. The van der Waals surface area contributed by atoms with E-state index < -0.39 is 0 Å². The van der Waals surface area contributed by atoms with E-state index >= 15 is 0 Å². The largest absolute Gasteiger partial charge is 0.494 e. The highest BCUT2D eigenvalue weighted by molar-refractivity contribution is 5.99. The molecular weight excluding hydrogens is 728 g/mol. The number of aliphatic hydroxyl groups is 1. The van der Waals surface area contributed by atoms with Gasteiger partial charge in [-0.05, 0) is 120 Å². The second kappa shape index (κ2) is 39.8. The van der Waals surface area contributed by atoms with E-state index in [9.17, 15) is 4.79 Å². The van der Waals surface area contributed by atoms with Gasteiger partial charge in [-0.25, -0.2) is 0 Å². The molecule has 11 heteroatoms. The smallest absolute Gasteiger partial charge is 0.290 e. The molecular formula is C46H62O11. The third kappa shape index (κ3) is 25.0. The third-order valence-corrected chi connectivity index (χ3v) is 7.67. The van der Waals surface area contributed by atoms with Gasteiger partial charge in [0.05, 0.1) is 13.2 Å². The Kier molecular flexibility index (Phi) is 38.7. The molecule has 0 radical (unpaired) electrons. The van der Waals surface area contributed by atoms with Gasteiger partial charge in [-0.15, -0.1) is 6.58 Å². The van der Waals surface area contributed by atoms with Crippen LogP contribution in [0.3, 0.4) is 0 Å². The van der Waals surface area contributed by atoms with E-state index in [4.69, 9.17) is 48.7 Å². The predicted octanol–water partition coefficient (Wildman–Crippen LogP) is 9.92. The van der Waals surface area contributed by atoms with E-state index in [1.807, 2.05) is 55.3 Å². The van der Waals surface area contributed by atoms with Crippen LogP contribution >= 0.6 is 0 Å². The average molecular weight is 791 g/mol. The zero-order chi connectivity index (χ0) is 42.2. The topological polar surface area (TPSA) is 174 Å². The molecule has 57 heavy (non-hydrogen) atoms. The minimum atomic E-state index is -0.250. The predicted molar refractivity (Wildman–Crippen MR) is 230 cm³/mol. The van der Waals surface area contributed by atoms with Gasteiger partial charge < -0.3 is 34.3 Å². The lowest BCUT2D eigenvalue weighted by Crippen LogP contribution is -1.98. The lowest BCUT2D eigenvalue weighted by atomic mass is 9.94. The van der Waals surface area contributed by atoms with Gasteiger partial charge in [-0.2, -0.15) is 0 Å². The van der Waals surface area contributed by atoms with Crippen LogP contribution < -0.4 is 9.47 Å². The molecule has 0 atom stereocenters. The number of aliphatic hydroxyl groups excluding tert-OH is 1. The number of carboxylic acid groups (broad SMARTS) is 2. The van der Waals surface area contributed by atoms with Crippen molar-refractivity contribution in [2.45, 2.75) is 65.2 Å². The van der Waals surface area contributed by atoms with Crippen LogP contribution in [-0.2, 0) is 23.9 Å². The lowest BCUT2D eigenvalue weighted by molar-refractivity contribution is -0.123. The second-order valence-corrected chi connectivity index (χ2v) is 11.3. The first-order valence-electron chi connectivity index (χ1n) is 18.0. The van der Waals surface area contributed by atoms with Crippen molar-refractivity contribution in [2.75, 3.05) is 34.0 Å². The van der Waals surface area contributed by atoms with Crippen LogP contribution in [0.1, 0.15) is 75.6 Å². The van der Waals surface area contributed by atoms with Gasteiger partial charge in [0, 0.05) is 26.4 Å². The minimum absolute atomic E-state index is 0. The summed E-state index contributed by atoms with van der Waals surface area (Å²) in [6.45, 7) is 10.7. The van der Waals surface area contributed by atoms with E-state index in [0.717, 1.165) is 110 Å². The molecule has 0 fully saturated rings. The number of hydrogen-bond acceptors (Lipinski definition) is 9. The SMILES string of the molecule is C.C=CC=O.C=CCCCCCCOc1ccc(-c2ccc3cc(-c4ccc(OCCCCCCOC)cc4)c(C=O)cc3c2)cc1.C=O.CO.O=CO.O=CO. The summed E-state index contributed by atoms with van der Waals surface area (Å²) in [6, 6.07) is 26.8. The molecule has 0 spiro atoms. The molecule has 0 aliphatic heterocycles. The maximum atomic E-state index is 12.1. The number of fused-ring (bicyclic) bond motifs is 1. The van der Waals surface area contributed by atoms with Crippen molar-refractivity contribution >= 4 is 43.1 Å². The van der Waals surface area contributed by atoms with Crippen LogP contribution in [0.2, 0.25) is 0 Å². The van der Waals surface area contributed by atoms with Crippen LogP contribution in [0.15, 0.2) is 104 Å². The molecule has 0 unspecified atom stereocenters. The van der Waals surface area contributed by atoms with Crippen LogP contribution in [-0.4, -0.2) is 81.7 Å². The standard InChI is InChI=1S/C38H44O4.C3H4O.2CH2O2.CH4O.CH2O.CH4/c1-3-4-5-6-7-11-24-41-36-19-15-30(16-20-36)32-13-14-33-28-38(35(29-39)27-34(33)26-32)31-17-21-37(22-18-31)42-25-12-9-8-10-23-40-2;1-2-3-4;2*2-1-3;2*1-2;/h3,13-22,26-29H,1,4-12,23-25H2,2H3;2-3H,1H2;2*1H,(H,2,3);2H,1H3;1H2;1H4. The number of benzene rings is 4. The van der Waals surface area contributed by atoms with E-state index in [1.54, 1.807) is 7.11 Å². The zero-order valence-electron chi connectivity index (χ0n) is 32.7. The highest BCUT2D eigenvalue weighted by Gasteiger charge is 2.09. The molecule has 0 heterocycles. The Morgan fingerprint density at radius 2 is 1.02 bits per heavy atom. The number of unbranched alkanes of at least 4 members (excludes halogenated alkanes) is 7. The quantitative estimate of drug-likeness (QED) is 0.0336. The highest BCUT2D eigenvalue weighted by Crippen LogP contribution is 2.32. The first-order valence-corrected chi connectivity index (χ1v) is 18.0. The average Bonchev–Trinajstić information content (AvgIpc) is 3.25. The van der Waals surface area contributed by atoms with Crippen LogP contribution in [0.4, 0.5) is 0 Å². The van der Waals surface area contributed by atoms with Crippen molar-refractivity contribution in [3.05, 3.63) is 110 Å². The molecule has 0 bridgehead atoms. The lowest BCUT2D eigenvalue weighted by Gasteiger charge is -2.12. The first-order chi connectivity index (χ1) is 27.5. The Bertz CT molecular complexity index is 1610. The Morgan fingerprint density at radius 1 is 0.579 bits per heavy atom. The van der Waals surface area contributed by atoms with Gasteiger partial charge in [-0.3, -0.25) is 19.2 Å². The summed E-state index contributed by atoms with van der Waals surface area (Å²) in [6.07, 6.45) is 15.0. The summed E-state index contributed by atoms with van der Waals surface area (Å²) >= 11 is 0. The van der Waals surface area contributed by atoms with E-state index in [0.29, 0.717) is 18.5 Å². The van der Waals surface area contributed by atoms with Crippen LogP contribution in [0.5, 0.6) is 11.5 Å². The molecule has 312 valence electrons. The summed E-state index contributed by atoms with van der Waals surface area (Å²) in [7, 11) is 2.74. The number of ether oxygens (including phenoxy) is 3. The van der Waals surface area contributed by atoms with Crippen molar-refractivity contribution in [2.24, 2.45) is 0 Å². The molecule has 0 aliphatic rings. The van der Waals surface area contributed by atoms with Gasteiger partial charge in [0.15, 0.2) is 6.29 Å². The minimum Gasteiger partial charge on any atom is -0.494 e. The summed E-state index contributed by atoms with van der Waals surface area (Å²) in [5.74, 6) is 1.75. The summed E-state index contributed by atoms with van der Waals surface area (Å²) in [4.78, 5) is 45.9. The molecule has 4 aromatic carbocycles. The van der Waals surface area contributed by atoms with E-state index in [1.165, 1.54) is 25.3 Å². The van der Waals surface area contributed by atoms with Crippen molar-refractivity contribution in [1.29, 1.82) is 0 Å². The Morgan fingerprint density at radius 3 is 1.46 bits per heavy atom. The third-order valence-electron chi connectivity index (χ3n) is 7.67. The molecule has 11 nitrogen and oxygen atoms in total. The fraction of sp³-hybridized carbons (Fsp3) is 0.326. The number of hydrogen-bond donors (Lipinski definition) is 3. The van der Waals surface area contributed by atoms with Crippen molar-refractivity contribution in [1.82, 2.24) is 0 Å². The van der Waals surface area contributed by atoms with Gasteiger partial charge in [0.2, 0.25) is 0 Å². The van der Waals surface area contributed by atoms with Crippen molar-refractivity contribution in [3.63, 3.8) is 0 Å². The monoisotopic (exact) mass is 790 g/mol.